The summed E-state index contributed by atoms with van der Waals surface area (Å²) in [4.78, 5) is 4.74. The van der Waals surface area contributed by atoms with Gasteiger partial charge in [0.15, 0.2) is 11.0 Å². The molecule has 0 saturated carbocycles. The van der Waals surface area contributed by atoms with Crippen LogP contribution in [0.3, 0.4) is 0 Å². The van der Waals surface area contributed by atoms with E-state index in [1.807, 2.05) is 72.8 Å². The normalized spacial score (nSPS) is 10.9. The molecule has 0 aliphatic rings. The van der Waals surface area contributed by atoms with Crippen LogP contribution in [0.15, 0.2) is 84.0 Å². The van der Waals surface area contributed by atoms with Gasteiger partial charge < -0.3 is 0 Å². The van der Waals surface area contributed by atoms with Gasteiger partial charge in [0.05, 0.1) is 28.5 Å². The summed E-state index contributed by atoms with van der Waals surface area (Å²) in [5, 5.41) is 19.9. The molecule has 0 radical (unpaired) electrons. The molecule has 5 nitrogen and oxygen atoms in total. The molecule has 150 valence electrons. The molecular formula is C24H17N5S2. The smallest absolute Gasteiger partial charge is 0.196 e. The highest BCUT2D eigenvalue weighted by atomic mass is 32.2. The molecule has 3 aromatic carbocycles. The fourth-order valence-corrected chi connectivity index (χ4v) is 5.29. The van der Waals surface area contributed by atoms with Crippen LogP contribution in [0.5, 0.6) is 0 Å². The van der Waals surface area contributed by atoms with Gasteiger partial charge in [0.1, 0.15) is 5.01 Å². The molecule has 2 heterocycles. The van der Waals surface area contributed by atoms with Crippen LogP contribution in [0.4, 0.5) is 0 Å². The van der Waals surface area contributed by atoms with E-state index in [4.69, 9.17) is 10.2 Å². The Hall–Kier alpha value is -3.47. The molecule has 0 aliphatic carbocycles. The van der Waals surface area contributed by atoms with Crippen LogP contribution in [-0.4, -0.2) is 19.7 Å². The van der Waals surface area contributed by atoms with Crippen LogP contribution in [0.2, 0.25) is 0 Å². The van der Waals surface area contributed by atoms with E-state index in [1.54, 1.807) is 23.1 Å². The Bertz CT molecular complexity index is 1350. The fourth-order valence-electron chi connectivity index (χ4n) is 3.38. The number of thioether (sulfide) groups is 1. The number of hydrogen-bond donors (Lipinski definition) is 0. The number of nitriles is 1. The first kappa shape index (κ1) is 19.5. The van der Waals surface area contributed by atoms with E-state index in [2.05, 4.69) is 26.9 Å². The standard InChI is InChI=1S/C24H17N5S2/c25-14-13-17-7-6-8-18(15-17)23-27-28-24(29(23)19-9-2-1-3-10-19)30-16-22-26-20-11-4-5-12-21(20)31-22/h1-12,15H,13,16H2. The highest BCUT2D eigenvalue weighted by molar-refractivity contribution is 7.98. The van der Waals surface area contributed by atoms with Gasteiger partial charge in [-0.1, -0.05) is 60.3 Å². The molecule has 0 unspecified atom stereocenters. The summed E-state index contributed by atoms with van der Waals surface area (Å²) in [5.74, 6) is 1.48. The summed E-state index contributed by atoms with van der Waals surface area (Å²) in [6.07, 6.45) is 0.368. The van der Waals surface area contributed by atoms with E-state index in [1.165, 1.54) is 4.70 Å². The highest BCUT2D eigenvalue weighted by Gasteiger charge is 2.17. The van der Waals surface area contributed by atoms with Gasteiger partial charge >= 0.3 is 0 Å². The first-order valence-corrected chi connectivity index (χ1v) is 11.6. The molecule has 31 heavy (non-hydrogen) atoms. The van der Waals surface area contributed by atoms with Gasteiger partial charge in [-0.05, 0) is 35.9 Å². The Morgan fingerprint density at radius 1 is 0.935 bits per heavy atom. The third-order valence-corrected chi connectivity index (χ3v) is 6.94. The molecule has 2 aromatic heterocycles. The number of aromatic nitrogens is 4. The van der Waals surface area contributed by atoms with Gasteiger partial charge in [0, 0.05) is 11.3 Å². The number of hydrogen-bond acceptors (Lipinski definition) is 6. The van der Waals surface area contributed by atoms with Crippen LogP contribution < -0.4 is 0 Å². The molecule has 0 bridgehead atoms. The Morgan fingerprint density at radius 3 is 2.61 bits per heavy atom. The summed E-state index contributed by atoms with van der Waals surface area (Å²) >= 11 is 3.33. The lowest BCUT2D eigenvalue weighted by atomic mass is 10.1. The van der Waals surface area contributed by atoms with Crippen molar-refractivity contribution in [1.29, 1.82) is 5.26 Å². The first-order valence-electron chi connectivity index (χ1n) is 9.76. The zero-order chi connectivity index (χ0) is 21.0. The van der Waals surface area contributed by atoms with Crippen molar-refractivity contribution in [2.45, 2.75) is 17.3 Å². The zero-order valence-electron chi connectivity index (χ0n) is 16.5. The first-order chi connectivity index (χ1) is 15.3. The topological polar surface area (TPSA) is 67.4 Å². The Morgan fingerprint density at radius 2 is 1.77 bits per heavy atom. The molecule has 0 spiro atoms. The molecule has 5 aromatic rings. The Kier molecular flexibility index (Phi) is 5.48. The lowest BCUT2D eigenvalue weighted by Gasteiger charge is -2.10. The highest BCUT2D eigenvalue weighted by Crippen LogP contribution is 2.32. The maximum atomic E-state index is 9.06. The van der Waals surface area contributed by atoms with E-state index in [0.717, 1.165) is 44.1 Å². The number of fused-ring (bicyclic) bond motifs is 1. The van der Waals surface area contributed by atoms with Crippen LogP contribution in [-0.2, 0) is 12.2 Å². The summed E-state index contributed by atoms with van der Waals surface area (Å²) in [6, 6.07) is 28.4. The largest absolute Gasteiger partial charge is 0.270 e. The molecule has 0 saturated heterocycles. The minimum absolute atomic E-state index is 0.368. The van der Waals surface area contributed by atoms with Crippen LogP contribution >= 0.6 is 23.1 Å². The van der Waals surface area contributed by atoms with E-state index in [-0.39, 0.29) is 0 Å². The van der Waals surface area contributed by atoms with Crippen molar-refractivity contribution in [1.82, 2.24) is 19.7 Å². The minimum atomic E-state index is 0.368. The quantitative estimate of drug-likeness (QED) is 0.308. The van der Waals surface area contributed by atoms with Crippen molar-refractivity contribution in [2.75, 3.05) is 0 Å². The van der Waals surface area contributed by atoms with E-state index < -0.39 is 0 Å². The van der Waals surface area contributed by atoms with E-state index in [0.29, 0.717) is 6.42 Å². The second-order valence-electron chi connectivity index (χ2n) is 6.88. The van der Waals surface area contributed by atoms with Crippen molar-refractivity contribution in [2.24, 2.45) is 0 Å². The monoisotopic (exact) mass is 439 g/mol. The summed E-state index contributed by atoms with van der Waals surface area (Å²) < 4.78 is 3.27. The van der Waals surface area contributed by atoms with E-state index >= 15 is 0 Å². The molecule has 0 N–H and O–H groups in total. The molecule has 7 heteroatoms. The van der Waals surface area contributed by atoms with Gasteiger partial charge in [0.25, 0.3) is 0 Å². The Balaban J connectivity index is 1.51. The molecule has 0 amide bonds. The minimum Gasteiger partial charge on any atom is -0.270 e. The van der Waals surface area contributed by atoms with Crippen molar-refractivity contribution in [3.05, 3.63) is 89.4 Å². The predicted octanol–water partition coefficient (Wildman–Crippen LogP) is 5.90. The lowest BCUT2D eigenvalue weighted by molar-refractivity contribution is 0.886. The average molecular weight is 440 g/mol. The van der Waals surface area contributed by atoms with Crippen LogP contribution in [0.25, 0.3) is 27.3 Å². The number of thiazole rings is 1. The average Bonchev–Trinajstić information content (AvgIpc) is 3.42. The molecule has 5 rings (SSSR count). The van der Waals surface area contributed by atoms with Crippen LogP contribution in [0.1, 0.15) is 10.6 Å². The van der Waals surface area contributed by atoms with Crippen molar-refractivity contribution in [3.8, 4) is 23.1 Å². The third-order valence-electron chi connectivity index (χ3n) is 4.78. The SMILES string of the molecule is N#CCc1cccc(-c2nnc(SCc3nc4ccccc4s3)n2-c2ccccc2)c1. The summed E-state index contributed by atoms with van der Waals surface area (Å²) in [6.45, 7) is 0. The second kappa shape index (κ2) is 8.72. The van der Waals surface area contributed by atoms with Crippen molar-refractivity contribution in [3.63, 3.8) is 0 Å². The number of rotatable bonds is 6. The maximum absolute atomic E-state index is 9.06. The number of benzene rings is 3. The van der Waals surface area contributed by atoms with Crippen molar-refractivity contribution >= 4 is 33.3 Å². The molecular weight excluding hydrogens is 422 g/mol. The van der Waals surface area contributed by atoms with Gasteiger partial charge in [-0.3, -0.25) is 4.57 Å². The number of para-hydroxylation sites is 2. The van der Waals surface area contributed by atoms with E-state index in [9.17, 15) is 0 Å². The van der Waals surface area contributed by atoms with Crippen molar-refractivity contribution < 1.29 is 0 Å². The molecule has 0 atom stereocenters. The van der Waals surface area contributed by atoms with Gasteiger partial charge in [-0.25, -0.2) is 4.98 Å². The van der Waals surface area contributed by atoms with Crippen LogP contribution in [0, 0.1) is 11.3 Å². The zero-order valence-corrected chi connectivity index (χ0v) is 18.1. The third kappa shape index (κ3) is 4.08. The van der Waals surface area contributed by atoms with Gasteiger partial charge in [-0.2, -0.15) is 5.26 Å². The second-order valence-corrected chi connectivity index (χ2v) is 8.93. The summed E-state index contributed by atoms with van der Waals surface area (Å²) in [7, 11) is 0. The Labute approximate surface area is 188 Å². The predicted molar refractivity (Wildman–Crippen MR) is 125 cm³/mol. The fraction of sp³-hybridized carbons (Fsp3) is 0.0833. The molecule has 0 aliphatic heterocycles. The van der Waals surface area contributed by atoms with Gasteiger partial charge in [-0.15, -0.1) is 21.5 Å². The number of nitrogens with zero attached hydrogens (tertiary/aromatic N) is 5. The molecule has 0 fully saturated rings. The van der Waals surface area contributed by atoms with Gasteiger partial charge in [0.2, 0.25) is 0 Å². The summed E-state index contributed by atoms with van der Waals surface area (Å²) in [5.41, 5.74) is 3.94. The maximum Gasteiger partial charge on any atom is 0.196 e. The lowest BCUT2D eigenvalue weighted by Crippen LogP contribution is -2.00.